The average Bonchev–Trinajstić information content (AvgIpc) is 2.38. The van der Waals surface area contributed by atoms with Crippen molar-refractivity contribution in [3.05, 3.63) is 0 Å². The molecule has 0 aliphatic rings. The highest BCUT2D eigenvalue weighted by Gasteiger charge is 2.41. The Morgan fingerprint density at radius 3 is 1.43 bits per heavy atom. The van der Waals surface area contributed by atoms with Crippen LogP contribution in [0.2, 0.25) is 0 Å². The van der Waals surface area contributed by atoms with Crippen molar-refractivity contribution in [2.75, 3.05) is 0 Å². The Balaban J connectivity index is 5.62. The minimum atomic E-state index is -1.53. The van der Waals surface area contributed by atoms with E-state index in [2.05, 4.69) is 0 Å². The molecule has 0 bridgehead atoms. The first kappa shape index (κ1) is 20.6. The molecule has 0 rings (SSSR count). The molecule has 0 aliphatic carbocycles. The summed E-state index contributed by atoms with van der Waals surface area (Å²) < 4.78 is 19.6. The molecule has 0 saturated carbocycles. The fourth-order valence-corrected chi connectivity index (χ4v) is 1.83. The summed E-state index contributed by atoms with van der Waals surface area (Å²) >= 11 is 0. The summed E-state index contributed by atoms with van der Waals surface area (Å²) in [6, 6.07) is 0. The van der Waals surface area contributed by atoms with Crippen molar-refractivity contribution in [2.24, 2.45) is 0 Å². The van der Waals surface area contributed by atoms with E-state index in [1.165, 1.54) is 6.92 Å². The smallest absolute Gasteiger partial charge is 0.303 e. The second kappa shape index (κ2) is 9.54. The lowest BCUT2D eigenvalue weighted by Gasteiger charge is -2.32. The highest BCUT2D eigenvalue weighted by molar-refractivity contribution is 5.72. The van der Waals surface area contributed by atoms with E-state index in [4.69, 9.17) is 18.9 Å². The van der Waals surface area contributed by atoms with E-state index in [0.29, 0.717) is 0 Å². The molecular weight excluding hydrogens is 312 g/mol. The summed E-state index contributed by atoms with van der Waals surface area (Å²) in [6.45, 7) is 5.70. The Morgan fingerprint density at radius 2 is 1.09 bits per heavy atom. The van der Waals surface area contributed by atoms with Crippen molar-refractivity contribution in [3.8, 4) is 0 Å². The van der Waals surface area contributed by atoms with Gasteiger partial charge in [-0.1, -0.05) is 0 Å². The Hall–Kier alpha value is -2.45. The predicted octanol–water partition coefficient (Wildman–Crippen LogP) is -0.0680. The largest absolute Gasteiger partial charge is 0.459 e. The van der Waals surface area contributed by atoms with Crippen molar-refractivity contribution in [1.82, 2.24) is 0 Å². The maximum atomic E-state index is 11.3. The number of esters is 4. The van der Waals surface area contributed by atoms with E-state index in [0.717, 1.165) is 27.7 Å². The topological polar surface area (TPSA) is 122 Å². The molecule has 0 spiro atoms. The molecule has 0 aliphatic heterocycles. The summed E-state index contributed by atoms with van der Waals surface area (Å²) in [5, 5.41) is 0. The second-order valence-corrected chi connectivity index (χ2v) is 4.67. The summed E-state index contributed by atoms with van der Waals surface area (Å²) in [5.41, 5.74) is 0. The maximum absolute atomic E-state index is 11.3. The third-order valence-corrected chi connectivity index (χ3v) is 2.50. The number of hydrogen-bond acceptors (Lipinski definition) is 9. The molecule has 0 aromatic rings. The zero-order valence-corrected chi connectivity index (χ0v) is 13.6. The van der Waals surface area contributed by atoms with Crippen LogP contribution < -0.4 is 0 Å². The molecule has 4 atom stereocenters. The third kappa shape index (κ3) is 7.93. The number of ether oxygens (including phenoxy) is 4. The van der Waals surface area contributed by atoms with Gasteiger partial charge in [0.2, 0.25) is 0 Å². The van der Waals surface area contributed by atoms with Gasteiger partial charge >= 0.3 is 23.9 Å². The van der Waals surface area contributed by atoms with Crippen LogP contribution >= 0.6 is 0 Å². The number of rotatable bonds is 8. The van der Waals surface area contributed by atoms with Gasteiger partial charge in [-0.05, 0) is 6.92 Å². The first-order chi connectivity index (χ1) is 10.6. The van der Waals surface area contributed by atoms with Crippen LogP contribution in [0.1, 0.15) is 34.6 Å². The SMILES string of the molecule is CC(=O)O[C@H]([C@H](OC(C)=O)[C@H](C)OC(C)=O)[C@@H](C=O)OC(C)=O. The molecule has 0 aromatic heterocycles. The van der Waals surface area contributed by atoms with Gasteiger partial charge in [0.05, 0.1) is 0 Å². The Bertz CT molecular complexity index is 471. The van der Waals surface area contributed by atoms with Crippen molar-refractivity contribution >= 4 is 30.2 Å². The van der Waals surface area contributed by atoms with Crippen LogP contribution in [0.3, 0.4) is 0 Å². The lowest BCUT2D eigenvalue weighted by Crippen LogP contribution is -2.51. The molecule has 0 unspecified atom stereocenters. The fourth-order valence-electron chi connectivity index (χ4n) is 1.83. The first-order valence-corrected chi connectivity index (χ1v) is 6.72. The van der Waals surface area contributed by atoms with Gasteiger partial charge < -0.3 is 18.9 Å². The van der Waals surface area contributed by atoms with E-state index in [1.54, 1.807) is 0 Å². The van der Waals surface area contributed by atoms with E-state index in [1.807, 2.05) is 0 Å². The average molecular weight is 332 g/mol. The van der Waals surface area contributed by atoms with E-state index < -0.39 is 48.3 Å². The van der Waals surface area contributed by atoms with Gasteiger partial charge in [-0.3, -0.25) is 24.0 Å². The van der Waals surface area contributed by atoms with Crippen LogP contribution in [0.5, 0.6) is 0 Å². The molecule has 0 aromatic carbocycles. The monoisotopic (exact) mass is 332 g/mol. The highest BCUT2D eigenvalue weighted by Crippen LogP contribution is 2.18. The summed E-state index contributed by atoms with van der Waals surface area (Å²) in [5.74, 6) is -3.05. The summed E-state index contributed by atoms with van der Waals surface area (Å²) in [4.78, 5) is 55.9. The van der Waals surface area contributed by atoms with Crippen LogP contribution in [-0.2, 0) is 42.9 Å². The lowest BCUT2D eigenvalue weighted by molar-refractivity contribution is -0.195. The summed E-state index contributed by atoms with van der Waals surface area (Å²) in [7, 11) is 0. The quantitative estimate of drug-likeness (QED) is 0.341. The molecule has 0 amide bonds. The molecule has 130 valence electrons. The zero-order valence-electron chi connectivity index (χ0n) is 13.6. The van der Waals surface area contributed by atoms with E-state index >= 15 is 0 Å². The first-order valence-electron chi connectivity index (χ1n) is 6.72. The minimum Gasteiger partial charge on any atom is -0.459 e. The van der Waals surface area contributed by atoms with Gasteiger partial charge in [0.15, 0.2) is 24.6 Å². The van der Waals surface area contributed by atoms with Gasteiger partial charge in [-0.2, -0.15) is 0 Å². The molecule has 0 heterocycles. The van der Waals surface area contributed by atoms with E-state index in [9.17, 15) is 24.0 Å². The third-order valence-electron chi connectivity index (χ3n) is 2.50. The van der Waals surface area contributed by atoms with Gasteiger partial charge in [0.25, 0.3) is 0 Å². The van der Waals surface area contributed by atoms with Gasteiger partial charge in [0, 0.05) is 27.7 Å². The Labute approximate surface area is 133 Å². The number of aldehydes is 1. The van der Waals surface area contributed by atoms with Crippen molar-refractivity contribution < 1.29 is 42.9 Å². The normalized spacial score (nSPS) is 15.3. The second-order valence-electron chi connectivity index (χ2n) is 4.67. The van der Waals surface area contributed by atoms with Gasteiger partial charge in [0.1, 0.15) is 6.10 Å². The van der Waals surface area contributed by atoms with Gasteiger partial charge in [-0.15, -0.1) is 0 Å². The minimum absolute atomic E-state index is 0.228. The van der Waals surface area contributed by atoms with Crippen LogP contribution in [-0.4, -0.2) is 54.6 Å². The molecule has 0 N–H and O–H groups in total. The lowest BCUT2D eigenvalue weighted by atomic mass is 10.0. The van der Waals surface area contributed by atoms with Crippen LogP contribution in [0, 0.1) is 0 Å². The van der Waals surface area contributed by atoms with Crippen LogP contribution in [0.15, 0.2) is 0 Å². The Kier molecular flexibility index (Phi) is 8.53. The molecule has 9 heteroatoms. The maximum Gasteiger partial charge on any atom is 0.303 e. The molecule has 9 nitrogen and oxygen atoms in total. The van der Waals surface area contributed by atoms with Crippen LogP contribution in [0.25, 0.3) is 0 Å². The van der Waals surface area contributed by atoms with Crippen molar-refractivity contribution in [1.29, 1.82) is 0 Å². The number of hydrogen-bond donors (Lipinski definition) is 0. The molecule has 23 heavy (non-hydrogen) atoms. The van der Waals surface area contributed by atoms with Crippen molar-refractivity contribution in [2.45, 2.75) is 59.0 Å². The highest BCUT2D eigenvalue weighted by atomic mass is 16.6. The van der Waals surface area contributed by atoms with Crippen molar-refractivity contribution in [3.63, 3.8) is 0 Å². The molecule has 0 fully saturated rings. The number of carbonyl (C=O) groups is 5. The fraction of sp³-hybridized carbons (Fsp3) is 0.643. The predicted molar refractivity (Wildman–Crippen MR) is 74.0 cm³/mol. The van der Waals surface area contributed by atoms with Gasteiger partial charge in [-0.25, -0.2) is 0 Å². The van der Waals surface area contributed by atoms with Crippen LogP contribution in [0.4, 0.5) is 0 Å². The standard InChI is InChI=1S/C14H20O9/c1-7(20-8(2)16)13(22-10(4)18)14(23-11(5)19)12(6-15)21-9(3)17/h6-7,12-14H,1-5H3/t7-,12+,13+,14-/m0/s1. The van der Waals surface area contributed by atoms with E-state index in [-0.39, 0.29) is 6.29 Å². The Morgan fingerprint density at radius 1 is 0.696 bits per heavy atom. The molecule has 0 radical (unpaired) electrons. The zero-order chi connectivity index (χ0) is 18.2. The summed E-state index contributed by atoms with van der Waals surface area (Å²) in [6.07, 6.45) is -5.16. The molecule has 0 saturated heterocycles. The number of carbonyl (C=O) groups excluding carboxylic acids is 5. The molecular formula is C14H20O9.